The number of pyridine rings is 1. The zero-order chi connectivity index (χ0) is 28.8. The van der Waals surface area contributed by atoms with Gasteiger partial charge >= 0.3 is 0 Å². The number of likely N-dealkylation sites (N-methyl/N-ethyl adjacent to an activating group) is 1. The Bertz CT molecular complexity index is 1430. The number of ether oxygens (including phenoxy) is 2. The number of carbonyl (C=O) groups excluding carboxylic acids is 2. The van der Waals surface area contributed by atoms with Gasteiger partial charge in [0.25, 0.3) is 11.8 Å². The number of aliphatic hydroxyl groups excluding tert-OH is 1. The minimum absolute atomic E-state index is 0.0344. The van der Waals surface area contributed by atoms with Crippen molar-refractivity contribution in [2.24, 2.45) is 5.92 Å². The van der Waals surface area contributed by atoms with E-state index in [0.717, 1.165) is 11.3 Å². The summed E-state index contributed by atoms with van der Waals surface area (Å²) in [6.07, 6.45) is 0.963. The standard InChI is InChI=1S/C31H32FN3O5/c1-20-17-35(21(2)19-36)31(38)26-15-23(10-9-22-11-13-24(39-4)14-12-22)16-33-29(26)40-28(20)18-34(3)30(37)25-7-5-6-8-27(25)32/h5-8,11-16,20-21,28,36H,17-19H2,1-4H3/t20-,21+,28-/m0/s1. The van der Waals surface area contributed by atoms with E-state index >= 15 is 0 Å². The number of nitrogens with zero attached hydrogens (tertiary/aromatic N) is 3. The Hall–Kier alpha value is -4.42. The molecule has 0 spiro atoms. The monoisotopic (exact) mass is 545 g/mol. The van der Waals surface area contributed by atoms with Crippen molar-refractivity contribution in [1.29, 1.82) is 0 Å². The molecule has 1 N–H and O–H groups in total. The number of amides is 2. The van der Waals surface area contributed by atoms with Gasteiger partial charge in [-0.25, -0.2) is 9.37 Å². The number of halogens is 1. The van der Waals surface area contributed by atoms with Crippen LogP contribution in [0.4, 0.5) is 4.39 Å². The van der Waals surface area contributed by atoms with Gasteiger partial charge < -0.3 is 24.4 Å². The lowest BCUT2D eigenvalue weighted by Crippen LogP contribution is -2.50. The molecule has 1 aliphatic heterocycles. The highest BCUT2D eigenvalue weighted by Crippen LogP contribution is 2.27. The second-order valence-corrected chi connectivity index (χ2v) is 9.84. The predicted molar refractivity (Wildman–Crippen MR) is 148 cm³/mol. The fourth-order valence-corrected chi connectivity index (χ4v) is 4.40. The lowest BCUT2D eigenvalue weighted by Gasteiger charge is -2.37. The van der Waals surface area contributed by atoms with Crippen molar-refractivity contribution in [1.82, 2.24) is 14.8 Å². The Balaban J connectivity index is 1.65. The first-order valence-electron chi connectivity index (χ1n) is 13.0. The normalized spacial score (nSPS) is 17.4. The van der Waals surface area contributed by atoms with E-state index < -0.39 is 23.9 Å². The Kier molecular flexibility index (Phi) is 9.02. The van der Waals surface area contributed by atoms with Crippen molar-refractivity contribution in [2.45, 2.75) is 26.0 Å². The molecule has 2 aromatic carbocycles. The van der Waals surface area contributed by atoms with E-state index in [1.807, 2.05) is 31.2 Å². The number of aliphatic hydroxyl groups is 1. The Labute approximate surface area is 233 Å². The molecule has 2 amide bonds. The van der Waals surface area contributed by atoms with Gasteiger partial charge in [0.05, 0.1) is 31.9 Å². The summed E-state index contributed by atoms with van der Waals surface area (Å²) >= 11 is 0. The lowest BCUT2D eigenvalue weighted by atomic mass is 9.99. The van der Waals surface area contributed by atoms with Gasteiger partial charge in [-0.2, -0.15) is 0 Å². The van der Waals surface area contributed by atoms with Crippen LogP contribution in [0.15, 0.2) is 60.8 Å². The first kappa shape index (κ1) is 28.6. The third-order valence-electron chi connectivity index (χ3n) is 6.87. The molecule has 0 saturated heterocycles. The maximum absolute atomic E-state index is 14.3. The second-order valence-electron chi connectivity index (χ2n) is 9.84. The van der Waals surface area contributed by atoms with Crippen LogP contribution in [0.1, 0.15) is 45.7 Å². The summed E-state index contributed by atoms with van der Waals surface area (Å²) in [4.78, 5) is 34.0. The molecule has 3 aromatic rings. The summed E-state index contributed by atoms with van der Waals surface area (Å²) in [5.41, 5.74) is 1.46. The fraction of sp³-hybridized carbons (Fsp3) is 0.323. The van der Waals surface area contributed by atoms with Gasteiger partial charge in [-0.15, -0.1) is 0 Å². The lowest BCUT2D eigenvalue weighted by molar-refractivity contribution is 0.0312. The molecule has 0 unspecified atom stereocenters. The maximum atomic E-state index is 14.3. The van der Waals surface area contributed by atoms with Crippen molar-refractivity contribution < 1.29 is 28.6 Å². The second kappa shape index (κ2) is 12.6. The summed E-state index contributed by atoms with van der Waals surface area (Å²) in [5, 5.41) is 9.88. The molecule has 8 nitrogen and oxygen atoms in total. The Morgan fingerprint density at radius 2 is 1.93 bits per heavy atom. The molecule has 40 heavy (non-hydrogen) atoms. The zero-order valence-electron chi connectivity index (χ0n) is 22.9. The van der Waals surface area contributed by atoms with E-state index in [0.29, 0.717) is 5.56 Å². The highest BCUT2D eigenvalue weighted by atomic mass is 19.1. The fourth-order valence-electron chi connectivity index (χ4n) is 4.40. The molecule has 1 aromatic heterocycles. The van der Waals surface area contributed by atoms with Gasteiger partial charge in [-0.1, -0.05) is 30.9 Å². The first-order chi connectivity index (χ1) is 19.2. The topological polar surface area (TPSA) is 92.2 Å². The minimum atomic E-state index is -0.602. The van der Waals surface area contributed by atoms with E-state index in [1.54, 1.807) is 38.1 Å². The van der Waals surface area contributed by atoms with Crippen LogP contribution in [0.5, 0.6) is 11.6 Å². The van der Waals surface area contributed by atoms with Crippen LogP contribution in [-0.2, 0) is 0 Å². The third kappa shape index (κ3) is 6.41. The molecule has 1 aliphatic rings. The molecular weight excluding hydrogens is 513 g/mol. The van der Waals surface area contributed by atoms with E-state index in [-0.39, 0.29) is 48.5 Å². The van der Waals surface area contributed by atoms with Crippen molar-refractivity contribution in [3.63, 3.8) is 0 Å². The van der Waals surface area contributed by atoms with E-state index in [9.17, 15) is 19.1 Å². The Morgan fingerprint density at radius 1 is 1.23 bits per heavy atom. The largest absolute Gasteiger partial charge is 0.497 e. The summed E-state index contributed by atoms with van der Waals surface area (Å²) < 4.78 is 25.7. The van der Waals surface area contributed by atoms with Gasteiger partial charge in [0.2, 0.25) is 5.88 Å². The molecule has 0 radical (unpaired) electrons. The highest BCUT2D eigenvalue weighted by Gasteiger charge is 2.35. The molecule has 9 heteroatoms. The molecule has 0 saturated carbocycles. The third-order valence-corrected chi connectivity index (χ3v) is 6.87. The number of fused-ring (bicyclic) bond motifs is 1. The number of benzene rings is 2. The summed E-state index contributed by atoms with van der Waals surface area (Å²) in [6, 6.07) is 14.2. The number of methoxy groups -OCH3 is 1. The highest BCUT2D eigenvalue weighted by molar-refractivity contribution is 5.97. The van der Waals surface area contributed by atoms with E-state index in [1.165, 1.54) is 29.3 Å². The van der Waals surface area contributed by atoms with E-state index in [2.05, 4.69) is 16.8 Å². The van der Waals surface area contributed by atoms with Crippen LogP contribution in [0.3, 0.4) is 0 Å². The number of rotatable bonds is 6. The van der Waals surface area contributed by atoms with Gasteiger partial charge in [0.15, 0.2) is 0 Å². The molecule has 4 rings (SSSR count). The molecule has 2 heterocycles. The smallest absolute Gasteiger partial charge is 0.259 e. The summed E-state index contributed by atoms with van der Waals surface area (Å²) in [6.45, 7) is 3.83. The SMILES string of the molecule is COc1ccc(C#Cc2cnc3c(c2)C(=O)N([C@H](C)CO)C[C@H](C)[C@H](CN(C)C(=O)c2ccccc2F)O3)cc1. The molecule has 3 atom stereocenters. The van der Waals surface area contributed by atoms with Crippen LogP contribution < -0.4 is 9.47 Å². The first-order valence-corrected chi connectivity index (χ1v) is 13.0. The summed E-state index contributed by atoms with van der Waals surface area (Å²) in [7, 11) is 3.17. The van der Waals surface area contributed by atoms with Gasteiger partial charge in [-0.3, -0.25) is 9.59 Å². The molecule has 0 fully saturated rings. The van der Waals surface area contributed by atoms with Crippen molar-refractivity contribution in [3.05, 3.63) is 88.9 Å². The number of hydrogen-bond donors (Lipinski definition) is 1. The number of hydrogen-bond acceptors (Lipinski definition) is 6. The quantitative estimate of drug-likeness (QED) is 0.476. The molecule has 0 bridgehead atoms. The molecular formula is C31H32FN3O5. The maximum Gasteiger partial charge on any atom is 0.259 e. The van der Waals surface area contributed by atoms with Crippen LogP contribution in [0.2, 0.25) is 0 Å². The van der Waals surface area contributed by atoms with Crippen LogP contribution >= 0.6 is 0 Å². The van der Waals surface area contributed by atoms with Gasteiger partial charge in [-0.05, 0) is 49.4 Å². The summed E-state index contributed by atoms with van der Waals surface area (Å²) in [5.74, 6) is 5.27. The van der Waals surface area contributed by atoms with Crippen molar-refractivity contribution in [2.75, 3.05) is 33.9 Å². The molecule has 0 aliphatic carbocycles. The zero-order valence-corrected chi connectivity index (χ0v) is 22.9. The molecule has 208 valence electrons. The van der Waals surface area contributed by atoms with Crippen LogP contribution in [-0.4, -0.2) is 77.7 Å². The Morgan fingerprint density at radius 3 is 2.60 bits per heavy atom. The van der Waals surface area contributed by atoms with Crippen molar-refractivity contribution in [3.8, 4) is 23.5 Å². The van der Waals surface area contributed by atoms with Crippen LogP contribution in [0.25, 0.3) is 0 Å². The van der Waals surface area contributed by atoms with Gasteiger partial charge in [0, 0.05) is 36.8 Å². The number of aromatic nitrogens is 1. The van der Waals surface area contributed by atoms with E-state index in [4.69, 9.17) is 9.47 Å². The number of carbonyl (C=O) groups is 2. The van der Waals surface area contributed by atoms with Crippen molar-refractivity contribution >= 4 is 11.8 Å². The average molecular weight is 546 g/mol. The van der Waals surface area contributed by atoms with Crippen LogP contribution in [0, 0.1) is 23.6 Å². The average Bonchev–Trinajstić information content (AvgIpc) is 2.97. The minimum Gasteiger partial charge on any atom is -0.497 e. The predicted octanol–water partition coefficient (Wildman–Crippen LogP) is 3.62. The van der Waals surface area contributed by atoms with Gasteiger partial charge in [0.1, 0.15) is 23.2 Å².